The SMILES string of the molecule is [C]1=CC=C/C(=C\C2CCCC2)C1. The monoisotopic (exact) mass is 159 g/mol. The van der Waals surface area contributed by atoms with E-state index in [4.69, 9.17) is 0 Å². The van der Waals surface area contributed by atoms with Crippen LogP contribution in [0.25, 0.3) is 0 Å². The Bertz CT molecular complexity index is 224. The predicted molar refractivity (Wildman–Crippen MR) is 51.6 cm³/mol. The molecule has 63 valence electrons. The first-order chi connectivity index (χ1) is 5.95. The summed E-state index contributed by atoms with van der Waals surface area (Å²) < 4.78 is 0. The molecule has 0 spiro atoms. The summed E-state index contributed by atoms with van der Waals surface area (Å²) in [6.45, 7) is 0. The van der Waals surface area contributed by atoms with Crippen molar-refractivity contribution < 1.29 is 0 Å². The molecule has 2 aliphatic rings. The van der Waals surface area contributed by atoms with Crippen molar-refractivity contribution in [2.45, 2.75) is 32.1 Å². The number of hydrogen-bond donors (Lipinski definition) is 0. The molecular weight excluding hydrogens is 144 g/mol. The number of allylic oxidation sites excluding steroid dienone is 6. The van der Waals surface area contributed by atoms with E-state index in [1.54, 1.807) is 0 Å². The van der Waals surface area contributed by atoms with Gasteiger partial charge in [0.1, 0.15) is 0 Å². The van der Waals surface area contributed by atoms with Gasteiger partial charge in [-0.15, -0.1) is 0 Å². The van der Waals surface area contributed by atoms with E-state index in [0.717, 1.165) is 12.3 Å². The van der Waals surface area contributed by atoms with Gasteiger partial charge in [-0.3, -0.25) is 0 Å². The summed E-state index contributed by atoms with van der Waals surface area (Å²) in [6.07, 6.45) is 18.7. The van der Waals surface area contributed by atoms with Crippen molar-refractivity contribution in [2.24, 2.45) is 5.92 Å². The van der Waals surface area contributed by atoms with Crippen LogP contribution in [0.1, 0.15) is 32.1 Å². The molecule has 1 radical (unpaired) electrons. The van der Waals surface area contributed by atoms with E-state index in [1.165, 1.54) is 31.3 Å². The lowest BCUT2D eigenvalue weighted by molar-refractivity contribution is 0.680. The van der Waals surface area contributed by atoms with Gasteiger partial charge in [0.25, 0.3) is 0 Å². The Labute approximate surface area is 74.7 Å². The Balaban J connectivity index is 1.97. The Morgan fingerprint density at radius 1 is 1.33 bits per heavy atom. The molecule has 0 N–H and O–H groups in total. The highest BCUT2D eigenvalue weighted by Crippen LogP contribution is 2.27. The zero-order chi connectivity index (χ0) is 8.23. The third-order valence-corrected chi connectivity index (χ3v) is 2.68. The van der Waals surface area contributed by atoms with Crippen molar-refractivity contribution in [2.75, 3.05) is 0 Å². The molecule has 0 atom stereocenters. The summed E-state index contributed by atoms with van der Waals surface area (Å²) in [6, 6.07) is 0. The van der Waals surface area contributed by atoms with Crippen LogP contribution in [0.4, 0.5) is 0 Å². The van der Waals surface area contributed by atoms with Gasteiger partial charge in [0.05, 0.1) is 0 Å². The zero-order valence-electron chi connectivity index (χ0n) is 7.42. The van der Waals surface area contributed by atoms with Gasteiger partial charge in [-0.25, -0.2) is 0 Å². The van der Waals surface area contributed by atoms with Crippen molar-refractivity contribution in [3.05, 3.63) is 36.0 Å². The van der Waals surface area contributed by atoms with Gasteiger partial charge in [0.2, 0.25) is 0 Å². The summed E-state index contributed by atoms with van der Waals surface area (Å²) in [4.78, 5) is 0. The highest BCUT2D eigenvalue weighted by molar-refractivity contribution is 5.28. The Hall–Kier alpha value is -0.780. The molecule has 1 saturated carbocycles. The lowest BCUT2D eigenvalue weighted by Crippen LogP contribution is -1.90. The smallest absolute Gasteiger partial charge is 0.00260 e. The van der Waals surface area contributed by atoms with Crippen LogP contribution < -0.4 is 0 Å². The van der Waals surface area contributed by atoms with Crippen LogP contribution in [0, 0.1) is 12.0 Å². The fraction of sp³-hybridized carbons (Fsp3) is 0.500. The van der Waals surface area contributed by atoms with Crippen LogP contribution in [0.5, 0.6) is 0 Å². The number of hydrogen-bond acceptors (Lipinski definition) is 0. The Morgan fingerprint density at radius 2 is 2.17 bits per heavy atom. The van der Waals surface area contributed by atoms with Gasteiger partial charge in [-0.05, 0) is 36.8 Å². The molecule has 0 heteroatoms. The van der Waals surface area contributed by atoms with E-state index >= 15 is 0 Å². The summed E-state index contributed by atoms with van der Waals surface area (Å²) in [5.74, 6) is 0.865. The molecule has 0 heterocycles. The molecule has 0 bridgehead atoms. The fourth-order valence-corrected chi connectivity index (χ4v) is 2.02. The lowest BCUT2D eigenvalue weighted by Gasteiger charge is -2.06. The van der Waals surface area contributed by atoms with Crippen molar-refractivity contribution in [1.82, 2.24) is 0 Å². The van der Waals surface area contributed by atoms with Gasteiger partial charge in [0, 0.05) is 0 Å². The average molecular weight is 159 g/mol. The molecule has 0 saturated heterocycles. The van der Waals surface area contributed by atoms with Crippen molar-refractivity contribution in [1.29, 1.82) is 0 Å². The van der Waals surface area contributed by atoms with Gasteiger partial charge in [0.15, 0.2) is 0 Å². The minimum atomic E-state index is 0.865. The quantitative estimate of drug-likeness (QED) is 0.550. The number of rotatable bonds is 1. The molecule has 0 amide bonds. The van der Waals surface area contributed by atoms with E-state index in [9.17, 15) is 0 Å². The molecule has 2 rings (SSSR count). The van der Waals surface area contributed by atoms with E-state index in [-0.39, 0.29) is 0 Å². The summed E-state index contributed by atoms with van der Waals surface area (Å²) in [5, 5.41) is 0. The van der Waals surface area contributed by atoms with Crippen molar-refractivity contribution in [3.8, 4) is 0 Å². The van der Waals surface area contributed by atoms with E-state index in [0.29, 0.717) is 0 Å². The van der Waals surface area contributed by atoms with Crippen LogP contribution in [0.2, 0.25) is 0 Å². The van der Waals surface area contributed by atoms with E-state index < -0.39 is 0 Å². The second kappa shape index (κ2) is 3.75. The third kappa shape index (κ3) is 1.88. The maximum Gasteiger partial charge on any atom is -0.00260 e. The van der Waals surface area contributed by atoms with Gasteiger partial charge < -0.3 is 0 Å². The standard InChI is InChI=1S/C12H15/c1-2-6-11(7-3-1)10-12-8-4-5-9-12/h1-2,6,10,12H,4-5,7-9H2/b11-10+. The Kier molecular flexibility index (Phi) is 2.45. The lowest BCUT2D eigenvalue weighted by atomic mass is 10.00. The first-order valence-electron chi connectivity index (χ1n) is 4.89. The molecule has 0 aliphatic heterocycles. The van der Waals surface area contributed by atoms with E-state index in [1.807, 2.05) is 6.08 Å². The normalized spacial score (nSPS) is 27.2. The van der Waals surface area contributed by atoms with Gasteiger partial charge in [-0.2, -0.15) is 0 Å². The molecule has 0 nitrogen and oxygen atoms in total. The topological polar surface area (TPSA) is 0 Å². The first kappa shape index (κ1) is 7.85. The average Bonchev–Trinajstić information content (AvgIpc) is 2.59. The van der Waals surface area contributed by atoms with Gasteiger partial charge in [-0.1, -0.05) is 37.1 Å². The second-order valence-corrected chi connectivity index (χ2v) is 3.69. The molecule has 0 aromatic rings. The summed E-state index contributed by atoms with van der Waals surface area (Å²) in [7, 11) is 0. The van der Waals surface area contributed by atoms with E-state index in [2.05, 4.69) is 24.3 Å². The molecule has 12 heavy (non-hydrogen) atoms. The summed E-state index contributed by atoms with van der Waals surface area (Å²) in [5.41, 5.74) is 1.46. The molecule has 0 aromatic heterocycles. The summed E-state index contributed by atoms with van der Waals surface area (Å²) >= 11 is 0. The van der Waals surface area contributed by atoms with Gasteiger partial charge >= 0.3 is 0 Å². The first-order valence-corrected chi connectivity index (χ1v) is 4.89. The molecule has 0 unspecified atom stereocenters. The van der Waals surface area contributed by atoms with Crippen LogP contribution in [-0.2, 0) is 0 Å². The maximum absolute atomic E-state index is 3.23. The van der Waals surface area contributed by atoms with Crippen LogP contribution in [0.15, 0.2) is 29.9 Å². The minimum Gasteiger partial charge on any atom is -0.0779 e. The van der Waals surface area contributed by atoms with Crippen LogP contribution in [0.3, 0.4) is 0 Å². The maximum atomic E-state index is 3.23. The van der Waals surface area contributed by atoms with Crippen LogP contribution >= 0.6 is 0 Å². The predicted octanol–water partition coefficient (Wildman–Crippen LogP) is 3.42. The third-order valence-electron chi connectivity index (χ3n) is 2.68. The highest BCUT2D eigenvalue weighted by Gasteiger charge is 2.12. The largest absolute Gasteiger partial charge is 0.0779 e. The van der Waals surface area contributed by atoms with Crippen LogP contribution in [-0.4, -0.2) is 0 Å². The van der Waals surface area contributed by atoms with Crippen molar-refractivity contribution in [3.63, 3.8) is 0 Å². The molecule has 0 aromatic carbocycles. The zero-order valence-corrected chi connectivity index (χ0v) is 7.42. The molecule has 1 fully saturated rings. The highest BCUT2D eigenvalue weighted by atomic mass is 14.2. The Morgan fingerprint density at radius 3 is 2.83 bits per heavy atom. The fourth-order valence-electron chi connectivity index (χ4n) is 2.02. The molecule has 2 aliphatic carbocycles. The molecular formula is C12H15. The minimum absolute atomic E-state index is 0.865. The van der Waals surface area contributed by atoms with Crippen molar-refractivity contribution >= 4 is 0 Å². The second-order valence-electron chi connectivity index (χ2n) is 3.69.